The molecule has 0 heterocycles. The number of hydrogen-bond acceptors (Lipinski definition) is 2. The zero-order valence-corrected chi connectivity index (χ0v) is 11.5. The van der Waals surface area contributed by atoms with E-state index >= 15 is 0 Å². The van der Waals surface area contributed by atoms with Gasteiger partial charge in [0, 0.05) is 5.69 Å². The molecule has 108 valence electrons. The van der Waals surface area contributed by atoms with Crippen molar-refractivity contribution >= 4 is 17.5 Å². The summed E-state index contributed by atoms with van der Waals surface area (Å²) in [4.78, 5) is 23.5. The number of nitrogens with one attached hydrogen (secondary N) is 2. The van der Waals surface area contributed by atoms with Gasteiger partial charge in [0.05, 0.1) is 6.04 Å². The Balaban J connectivity index is 1.93. The van der Waals surface area contributed by atoms with Crippen molar-refractivity contribution in [3.8, 4) is 0 Å². The van der Waals surface area contributed by atoms with E-state index < -0.39 is 17.6 Å². The number of carbonyl (C=O) groups is 2. The van der Waals surface area contributed by atoms with Crippen molar-refractivity contribution in [2.45, 2.75) is 13.0 Å². The Hall–Kier alpha value is -2.69. The molecule has 0 unspecified atom stereocenters. The molecule has 21 heavy (non-hydrogen) atoms. The van der Waals surface area contributed by atoms with E-state index in [1.54, 1.807) is 6.92 Å². The van der Waals surface area contributed by atoms with E-state index in [0.717, 1.165) is 5.56 Å². The molecule has 0 radical (unpaired) electrons. The third-order valence-electron chi connectivity index (χ3n) is 2.96. The van der Waals surface area contributed by atoms with E-state index in [0.29, 0.717) is 5.69 Å². The van der Waals surface area contributed by atoms with Crippen LogP contribution in [-0.4, -0.2) is 11.8 Å². The predicted molar refractivity (Wildman–Crippen MR) is 78.0 cm³/mol. The second kappa shape index (κ2) is 6.65. The fraction of sp³-hybridized carbons (Fsp3) is 0.125. The summed E-state index contributed by atoms with van der Waals surface area (Å²) in [6.45, 7) is 1.79. The van der Waals surface area contributed by atoms with Crippen molar-refractivity contribution in [2.75, 3.05) is 5.32 Å². The second-order valence-electron chi connectivity index (χ2n) is 4.57. The molecule has 2 rings (SSSR count). The van der Waals surface area contributed by atoms with Gasteiger partial charge in [0.25, 0.3) is 0 Å². The minimum Gasteiger partial charge on any atom is -0.341 e. The van der Waals surface area contributed by atoms with Gasteiger partial charge in [-0.2, -0.15) is 0 Å². The van der Waals surface area contributed by atoms with E-state index in [2.05, 4.69) is 10.6 Å². The number of hydrogen-bond donors (Lipinski definition) is 2. The van der Waals surface area contributed by atoms with Crippen LogP contribution < -0.4 is 10.6 Å². The summed E-state index contributed by atoms with van der Waals surface area (Å²) in [5, 5.41) is 5.01. The fourth-order valence-corrected chi connectivity index (χ4v) is 1.81. The number of halogens is 1. The molecule has 0 aliphatic heterocycles. The van der Waals surface area contributed by atoms with Crippen LogP contribution in [0.1, 0.15) is 18.5 Å². The zero-order chi connectivity index (χ0) is 15.2. The topological polar surface area (TPSA) is 58.2 Å². The van der Waals surface area contributed by atoms with Crippen LogP contribution in [0.4, 0.5) is 10.1 Å². The highest BCUT2D eigenvalue weighted by atomic mass is 19.1. The van der Waals surface area contributed by atoms with Gasteiger partial charge in [0.2, 0.25) is 0 Å². The van der Waals surface area contributed by atoms with Crippen molar-refractivity contribution in [2.24, 2.45) is 0 Å². The van der Waals surface area contributed by atoms with Crippen molar-refractivity contribution in [3.63, 3.8) is 0 Å². The first-order chi connectivity index (χ1) is 10.1. The van der Waals surface area contributed by atoms with E-state index in [-0.39, 0.29) is 6.04 Å². The second-order valence-corrected chi connectivity index (χ2v) is 4.57. The summed E-state index contributed by atoms with van der Waals surface area (Å²) < 4.78 is 12.8. The van der Waals surface area contributed by atoms with Gasteiger partial charge in [-0.1, -0.05) is 30.3 Å². The number of rotatable bonds is 3. The largest absolute Gasteiger partial charge is 0.341 e. The van der Waals surface area contributed by atoms with Crippen LogP contribution in [0.2, 0.25) is 0 Å². The summed E-state index contributed by atoms with van der Waals surface area (Å²) in [6, 6.07) is 14.2. The first kappa shape index (κ1) is 14.7. The molecular formula is C16H15FN2O2. The average Bonchev–Trinajstić information content (AvgIpc) is 2.50. The lowest BCUT2D eigenvalue weighted by molar-refractivity contribution is -0.136. The maximum absolute atomic E-state index is 12.8. The Labute approximate surface area is 122 Å². The number of amides is 2. The molecule has 1 atom stereocenters. The van der Waals surface area contributed by atoms with Gasteiger partial charge in [-0.05, 0) is 36.8 Å². The maximum atomic E-state index is 12.8. The van der Waals surface area contributed by atoms with E-state index in [1.807, 2.05) is 30.3 Å². The standard InChI is InChI=1S/C16H15FN2O2/c1-11(12-5-3-2-4-6-12)18-15(20)16(21)19-14-9-7-13(17)8-10-14/h2-11H,1H3,(H,18,20)(H,19,21)/t11-/m0/s1. The third kappa shape index (κ3) is 4.14. The number of anilines is 1. The van der Waals surface area contributed by atoms with Gasteiger partial charge < -0.3 is 10.6 Å². The first-order valence-electron chi connectivity index (χ1n) is 6.48. The van der Waals surface area contributed by atoms with E-state index in [9.17, 15) is 14.0 Å². The van der Waals surface area contributed by atoms with Crippen LogP contribution in [0.15, 0.2) is 54.6 Å². The van der Waals surface area contributed by atoms with Crippen LogP contribution in [0.25, 0.3) is 0 Å². The van der Waals surface area contributed by atoms with Gasteiger partial charge in [-0.15, -0.1) is 0 Å². The highest BCUT2D eigenvalue weighted by Gasteiger charge is 2.17. The molecule has 5 heteroatoms. The smallest absolute Gasteiger partial charge is 0.313 e. The van der Waals surface area contributed by atoms with Crippen molar-refractivity contribution in [1.29, 1.82) is 0 Å². The first-order valence-corrected chi connectivity index (χ1v) is 6.48. The van der Waals surface area contributed by atoms with Crippen LogP contribution in [0, 0.1) is 5.82 Å². The fourth-order valence-electron chi connectivity index (χ4n) is 1.81. The number of carbonyl (C=O) groups excluding carboxylic acids is 2. The van der Waals surface area contributed by atoms with Crippen molar-refractivity contribution in [1.82, 2.24) is 5.32 Å². The quantitative estimate of drug-likeness (QED) is 0.852. The minimum atomic E-state index is -0.788. The Morgan fingerprint density at radius 3 is 2.19 bits per heavy atom. The summed E-state index contributed by atoms with van der Waals surface area (Å²) in [6.07, 6.45) is 0. The lowest BCUT2D eigenvalue weighted by Crippen LogP contribution is -2.36. The lowest BCUT2D eigenvalue weighted by Gasteiger charge is -2.14. The van der Waals surface area contributed by atoms with Gasteiger partial charge in [0.15, 0.2) is 0 Å². The molecule has 0 spiro atoms. The van der Waals surface area contributed by atoms with Gasteiger partial charge in [-0.3, -0.25) is 9.59 Å². The van der Waals surface area contributed by atoms with Gasteiger partial charge in [-0.25, -0.2) is 4.39 Å². The molecule has 0 bridgehead atoms. The molecule has 0 fully saturated rings. The number of benzene rings is 2. The third-order valence-corrected chi connectivity index (χ3v) is 2.96. The molecule has 0 saturated carbocycles. The summed E-state index contributed by atoms with van der Waals surface area (Å²) in [5.41, 5.74) is 1.27. The molecule has 2 aromatic rings. The molecule has 0 aromatic heterocycles. The van der Waals surface area contributed by atoms with Crippen LogP contribution in [0.5, 0.6) is 0 Å². The van der Waals surface area contributed by atoms with E-state index in [1.165, 1.54) is 24.3 Å². The Morgan fingerprint density at radius 2 is 1.57 bits per heavy atom. The van der Waals surface area contributed by atoms with Gasteiger partial charge >= 0.3 is 11.8 Å². The zero-order valence-electron chi connectivity index (χ0n) is 11.5. The predicted octanol–water partition coefficient (Wildman–Crippen LogP) is 2.64. The molecule has 4 nitrogen and oxygen atoms in total. The van der Waals surface area contributed by atoms with Crippen molar-refractivity contribution in [3.05, 3.63) is 66.0 Å². The maximum Gasteiger partial charge on any atom is 0.313 e. The Morgan fingerprint density at radius 1 is 0.952 bits per heavy atom. The molecule has 0 aliphatic carbocycles. The molecular weight excluding hydrogens is 271 g/mol. The summed E-state index contributed by atoms with van der Waals surface area (Å²) >= 11 is 0. The van der Waals surface area contributed by atoms with Crippen LogP contribution >= 0.6 is 0 Å². The minimum absolute atomic E-state index is 0.280. The molecule has 0 aliphatic rings. The summed E-state index contributed by atoms with van der Waals surface area (Å²) in [5.74, 6) is -1.93. The SMILES string of the molecule is C[C@H](NC(=O)C(=O)Nc1ccc(F)cc1)c1ccccc1. The van der Waals surface area contributed by atoms with E-state index in [4.69, 9.17) is 0 Å². The highest BCUT2D eigenvalue weighted by molar-refractivity contribution is 6.39. The van der Waals surface area contributed by atoms with Crippen LogP contribution in [0.3, 0.4) is 0 Å². The Bertz CT molecular complexity index is 626. The molecule has 2 amide bonds. The normalized spacial score (nSPS) is 11.5. The van der Waals surface area contributed by atoms with Gasteiger partial charge in [0.1, 0.15) is 5.82 Å². The summed E-state index contributed by atoms with van der Waals surface area (Å²) in [7, 11) is 0. The van der Waals surface area contributed by atoms with Crippen molar-refractivity contribution < 1.29 is 14.0 Å². The molecule has 2 aromatic carbocycles. The molecule has 2 N–H and O–H groups in total. The average molecular weight is 286 g/mol. The monoisotopic (exact) mass is 286 g/mol. The molecule has 0 saturated heterocycles. The Kier molecular flexibility index (Phi) is 4.66. The highest BCUT2D eigenvalue weighted by Crippen LogP contribution is 2.11. The van der Waals surface area contributed by atoms with Crippen LogP contribution in [-0.2, 0) is 9.59 Å². The lowest BCUT2D eigenvalue weighted by atomic mass is 10.1.